The van der Waals surface area contributed by atoms with Crippen LogP contribution in [0.2, 0.25) is 0 Å². The number of carbonyl (C=O) groups is 4. The maximum Gasteiger partial charge on any atom is 0.309 e. The number of Topliss-reactive ketones (excluding diaryl/α,β-unsaturated/α-hetero) is 1. The summed E-state index contributed by atoms with van der Waals surface area (Å²) in [6, 6.07) is 0. The first kappa shape index (κ1) is 30.9. The van der Waals surface area contributed by atoms with Gasteiger partial charge in [0.05, 0.1) is 24.9 Å². The number of aliphatic hydroxyl groups is 4. The summed E-state index contributed by atoms with van der Waals surface area (Å²) in [5.74, 6) is -5.07. The average molecular weight is 523 g/mol. The highest BCUT2D eigenvalue weighted by Crippen LogP contribution is 2.61. The number of esters is 1. The fraction of sp³-hybridized carbons (Fsp3) is 0.714. The van der Waals surface area contributed by atoms with Crippen molar-refractivity contribution >= 4 is 23.3 Å². The molecule has 0 heterocycles. The Bertz CT molecular complexity index is 961. The predicted octanol–water partition coefficient (Wildman–Crippen LogP) is 2.46. The van der Waals surface area contributed by atoms with Gasteiger partial charge in [0, 0.05) is 23.3 Å². The maximum absolute atomic E-state index is 13.7. The number of allylic oxidation sites excluding steroid dienone is 1. The van der Waals surface area contributed by atoms with E-state index in [-0.39, 0.29) is 25.4 Å². The zero-order chi connectivity index (χ0) is 28.3. The topological polar surface area (TPSA) is 158 Å². The molecule has 4 N–H and O–H groups in total. The number of rotatable bonds is 10. The molecule has 0 unspecified atom stereocenters. The van der Waals surface area contributed by atoms with Crippen molar-refractivity contribution in [3.63, 3.8) is 0 Å². The quantitative estimate of drug-likeness (QED) is 0.192. The summed E-state index contributed by atoms with van der Waals surface area (Å²) in [5.41, 5.74) is -3.97. The van der Waals surface area contributed by atoms with Crippen LogP contribution in [-0.2, 0) is 23.9 Å². The molecule has 0 aromatic heterocycles. The lowest BCUT2D eigenvalue weighted by Crippen LogP contribution is -2.69. The minimum absolute atomic E-state index is 0.110. The van der Waals surface area contributed by atoms with Gasteiger partial charge in [-0.15, -0.1) is 0 Å². The van der Waals surface area contributed by atoms with E-state index in [4.69, 9.17) is 9.84 Å². The minimum atomic E-state index is -1.96. The smallest absolute Gasteiger partial charge is 0.309 e. The second kappa shape index (κ2) is 11.6. The van der Waals surface area contributed by atoms with E-state index in [2.05, 4.69) is 0 Å². The zero-order valence-electron chi connectivity index (χ0n) is 22.7. The standard InChI is InChI=1S/C28H42O9/c1-7-18(15-37-22(33)11-16(2)10-19(31)14-30)24-27(5,21(32)8-9-29)23-17(3)12-26(4,35)13-20(23)25(34)28(24,6)36/h8-10,17-18,20,23-24,29-30,35-36H,7,11-15H2,1-6H3/b9-8-,16-10+/t17-,18+,20+,23+,24-,26-,27-,28+/m1/s1. The average Bonchev–Trinajstić information content (AvgIpc) is 2.78. The van der Waals surface area contributed by atoms with Crippen molar-refractivity contribution in [3.8, 4) is 0 Å². The first-order valence-electron chi connectivity index (χ1n) is 12.9. The van der Waals surface area contributed by atoms with Gasteiger partial charge < -0.3 is 25.2 Å². The Kier molecular flexibility index (Phi) is 9.66. The lowest BCUT2D eigenvalue weighted by Gasteiger charge is -2.61. The van der Waals surface area contributed by atoms with Crippen LogP contribution >= 0.6 is 0 Å². The predicted molar refractivity (Wildman–Crippen MR) is 135 cm³/mol. The lowest BCUT2D eigenvalue weighted by molar-refractivity contribution is -0.206. The van der Waals surface area contributed by atoms with Crippen molar-refractivity contribution in [3.05, 3.63) is 24.0 Å². The lowest BCUT2D eigenvalue weighted by atomic mass is 9.42. The third-order valence-corrected chi connectivity index (χ3v) is 8.45. The second-order valence-electron chi connectivity index (χ2n) is 11.6. The first-order chi connectivity index (χ1) is 17.1. The van der Waals surface area contributed by atoms with E-state index < -0.39 is 70.2 Å². The monoisotopic (exact) mass is 522 g/mol. The van der Waals surface area contributed by atoms with Crippen molar-refractivity contribution in [1.29, 1.82) is 0 Å². The summed E-state index contributed by atoms with van der Waals surface area (Å²) in [4.78, 5) is 51.2. The number of hydrogen-bond acceptors (Lipinski definition) is 9. The van der Waals surface area contributed by atoms with Crippen LogP contribution in [0.4, 0.5) is 0 Å². The van der Waals surface area contributed by atoms with Crippen molar-refractivity contribution in [2.75, 3.05) is 13.2 Å². The van der Waals surface area contributed by atoms with Crippen LogP contribution in [0.3, 0.4) is 0 Å². The van der Waals surface area contributed by atoms with E-state index in [1.807, 2.05) is 13.8 Å². The van der Waals surface area contributed by atoms with Gasteiger partial charge in [-0.25, -0.2) is 0 Å². The fourth-order valence-electron chi connectivity index (χ4n) is 7.30. The number of hydrogen-bond donors (Lipinski definition) is 4. The number of aliphatic hydroxyl groups excluding tert-OH is 2. The van der Waals surface area contributed by atoms with E-state index in [1.165, 1.54) is 13.0 Å². The van der Waals surface area contributed by atoms with Gasteiger partial charge in [-0.3, -0.25) is 19.2 Å². The van der Waals surface area contributed by atoms with Crippen molar-refractivity contribution in [2.45, 2.75) is 78.4 Å². The summed E-state index contributed by atoms with van der Waals surface area (Å²) in [5, 5.41) is 40.9. The molecule has 0 saturated heterocycles. The molecule has 8 atom stereocenters. The largest absolute Gasteiger partial charge is 0.515 e. The molecule has 2 fully saturated rings. The second-order valence-corrected chi connectivity index (χ2v) is 11.6. The highest BCUT2D eigenvalue weighted by Gasteiger charge is 2.68. The Morgan fingerprint density at radius 2 is 1.78 bits per heavy atom. The summed E-state index contributed by atoms with van der Waals surface area (Å²) >= 11 is 0. The van der Waals surface area contributed by atoms with Crippen LogP contribution < -0.4 is 0 Å². The van der Waals surface area contributed by atoms with Gasteiger partial charge in [0.1, 0.15) is 12.2 Å². The molecular weight excluding hydrogens is 480 g/mol. The number of ketones is 3. The van der Waals surface area contributed by atoms with Crippen LogP contribution in [0.5, 0.6) is 0 Å². The molecule has 2 aliphatic carbocycles. The van der Waals surface area contributed by atoms with E-state index in [0.29, 0.717) is 24.7 Å². The molecule has 0 aliphatic heterocycles. The Balaban J connectivity index is 2.48. The van der Waals surface area contributed by atoms with Gasteiger partial charge in [-0.05, 0) is 63.9 Å². The molecule has 208 valence electrons. The molecule has 0 radical (unpaired) electrons. The summed E-state index contributed by atoms with van der Waals surface area (Å²) in [6.07, 6.45) is 3.54. The third kappa shape index (κ3) is 6.21. The third-order valence-electron chi connectivity index (χ3n) is 8.45. The van der Waals surface area contributed by atoms with Gasteiger partial charge >= 0.3 is 5.97 Å². The highest BCUT2D eigenvalue weighted by atomic mass is 16.5. The molecule has 2 aliphatic rings. The van der Waals surface area contributed by atoms with Crippen LogP contribution in [-0.4, -0.2) is 68.2 Å². The summed E-state index contributed by atoms with van der Waals surface area (Å²) < 4.78 is 5.50. The number of fused-ring (bicyclic) bond motifs is 1. The van der Waals surface area contributed by atoms with Crippen LogP contribution in [0.1, 0.15) is 67.2 Å². The molecule has 9 nitrogen and oxygen atoms in total. The van der Waals surface area contributed by atoms with Crippen molar-refractivity contribution in [1.82, 2.24) is 0 Å². The van der Waals surface area contributed by atoms with Crippen LogP contribution in [0.25, 0.3) is 0 Å². The zero-order valence-corrected chi connectivity index (χ0v) is 22.7. The van der Waals surface area contributed by atoms with Gasteiger partial charge in [-0.2, -0.15) is 0 Å². The molecule has 0 amide bonds. The minimum Gasteiger partial charge on any atom is -0.515 e. The Morgan fingerprint density at radius 1 is 1.16 bits per heavy atom. The van der Waals surface area contributed by atoms with Crippen LogP contribution in [0.15, 0.2) is 24.0 Å². The van der Waals surface area contributed by atoms with Crippen LogP contribution in [0, 0.1) is 35.0 Å². The van der Waals surface area contributed by atoms with Gasteiger partial charge in [0.2, 0.25) is 0 Å². The van der Waals surface area contributed by atoms with E-state index >= 15 is 0 Å². The Labute approximate surface area is 218 Å². The molecule has 2 rings (SSSR count). The summed E-state index contributed by atoms with van der Waals surface area (Å²) in [7, 11) is 0. The molecular formula is C28H42O9. The molecule has 0 aromatic carbocycles. The molecule has 9 heteroatoms. The molecule has 2 saturated carbocycles. The molecule has 0 spiro atoms. The Morgan fingerprint density at radius 3 is 2.32 bits per heavy atom. The van der Waals surface area contributed by atoms with E-state index in [0.717, 1.165) is 6.08 Å². The fourth-order valence-corrected chi connectivity index (χ4v) is 7.30. The van der Waals surface area contributed by atoms with E-state index in [9.17, 15) is 34.5 Å². The Hall–Kier alpha value is -2.36. The number of ether oxygens (including phenoxy) is 1. The normalized spacial score (nSPS) is 37.2. The molecule has 37 heavy (non-hydrogen) atoms. The highest BCUT2D eigenvalue weighted by molar-refractivity contribution is 6.00. The maximum atomic E-state index is 13.7. The first-order valence-corrected chi connectivity index (χ1v) is 12.9. The van der Waals surface area contributed by atoms with Gasteiger partial charge in [-0.1, -0.05) is 26.3 Å². The SMILES string of the molecule is CC[C@@H](COC(=O)C/C(C)=C/C(=O)CO)[C@@H]1[C@](C)(C(=O)/C=C\O)[C@H]2[C@H](C)C[C@@](C)(O)C[C@@H]2C(=O)[C@@]1(C)O. The van der Waals surface area contributed by atoms with Gasteiger partial charge in [0.15, 0.2) is 17.3 Å². The summed E-state index contributed by atoms with van der Waals surface area (Å²) in [6.45, 7) is 9.17. The number of carbonyl (C=O) groups excluding carboxylic acids is 4. The van der Waals surface area contributed by atoms with E-state index in [1.54, 1.807) is 20.8 Å². The van der Waals surface area contributed by atoms with Gasteiger partial charge in [0.25, 0.3) is 0 Å². The molecule has 0 bridgehead atoms. The van der Waals surface area contributed by atoms with Crippen molar-refractivity contribution in [2.24, 2.45) is 35.0 Å². The molecule has 0 aromatic rings. The van der Waals surface area contributed by atoms with Crippen molar-refractivity contribution < 1.29 is 44.3 Å².